The van der Waals surface area contributed by atoms with Crippen LogP contribution < -0.4 is 10.6 Å². The zero-order valence-electron chi connectivity index (χ0n) is 12.7. The molecule has 0 aliphatic rings. The molecule has 0 spiro atoms. The summed E-state index contributed by atoms with van der Waals surface area (Å²) in [6.45, 7) is 7.02. The van der Waals surface area contributed by atoms with Crippen molar-refractivity contribution in [3.63, 3.8) is 0 Å². The largest absolute Gasteiger partial charge is 0.360 e. The number of hydrogen-bond donors (Lipinski definition) is 2. The van der Waals surface area contributed by atoms with Crippen molar-refractivity contribution in [1.82, 2.24) is 5.32 Å². The first-order chi connectivity index (χ1) is 9.73. The van der Waals surface area contributed by atoms with E-state index in [-0.39, 0.29) is 11.4 Å². The number of nitrogens with one attached hydrogen (secondary N) is 2. The average Bonchev–Trinajstić information content (AvgIpc) is 2.37. The van der Waals surface area contributed by atoms with Crippen molar-refractivity contribution in [2.45, 2.75) is 33.2 Å². The van der Waals surface area contributed by atoms with Crippen molar-refractivity contribution in [2.75, 3.05) is 5.32 Å². The lowest BCUT2D eigenvalue weighted by Crippen LogP contribution is -2.41. The summed E-state index contributed by atoms with van der Waals surface area (Å²) in [6.07, 6.45) is 1.35. The van der Waals surface area contributed by atoms with Crippen LogP contribution >= 0.6 is 0 Å². The molecule has 1 amide bonds. The van der Waals surface area contributed by atoms with Crippen LogP contribution in [-0.4, -0.2) is 17.2 Å². The molecule has 0 heterocycles. The van der Waals surface area contributed by atoms with E-state index in [9.17, 15) is 9.59 Å². The Morgan fingerprint density at radius 2 is 1.76 bits per heavy atom. The molecule has 0 saturated heterocycles. The number of rotatable bonds is 4. The lowest BCUT2D eigenvalue weighted by Gasteiger charge is -2.20. The minimum absolute atomic E-state index is 0.0134. The van der Waals surface area contributed by atoms with E-state index in [4.69, 9.17) is 5.26 Å². The van der Waals surface area contributed by atoms with E-state index >= 15 is 0 Å². The van der Waals surface area contributed by atoms with E-state index in [0.717, 1.165) is 0 Å². The summed E-state index contributed by atoms with van der Waals surface area (Å²) in [5.41, 5.74) is 0.878. The van der Waals surface area contributed by atoms with Crippen LogP contribution in [0.15, 0.2) is 36.0 Å². The molecule has 0 aliphatic heterocycles. The van der Waals surface area contributed by atoms with Gasteiger partial charge in [0.25, 0.3) is 5.91 Å². The predicted molar refractivity (Wildman–Crippen MR) is 81.7 cm³/mol. The number of nitrogens with zero attached hydrogens (tertiary/aromatic N) is 1. The zero-order valence-corrected chi connectivity index (χ0v) is 12.7. The van der Waals surface area contributed by atoms with Gasteiger partial charge in [0.05, 0.1) is 0 Å². The Kier molecular flexibility index (Phi) is 5.25. The van der Waals surface area contributed by atoms with Crippen molar-refractivity contribution >= 4 is 17.4 Å². The molecule has 0 atom stereocenters. The van der Waals surface area contributed by atoms with Gasteiger partial charge in [-0.05, 0) is 52.0 Å². The molecule has 110 valence electrons. The fourth-order valence-electron chi connectivity index (χ4n) is 1.51. The lowest BCUT2D eigenvalue weighted by molar-refractivity contribution is -0.118. The Hall–Kier alpha value is -2.61. The smallest absolute Gasteiger partial charge is 0.263 e. The second-order valence-corrected chi connectivity index (χ2v) is 5.65. The van der Waals surface area contributed by atoms with Gasteiger partial charge < -0.3 is 10.6 Å². The second kappa shape index (κ2) is 6.71. The highest BCUT2D eigenvalue weighted by Crippen LogP contribution is 2.11. The van der Waals surface area contributed by atoms with Gasteiger partial charge in [-0.15, -0.1) is 0 Å². The predicted octanol–water partition coefficient (Wildman–Crippen LogP) is 2.62. The first kappa shape index (κ1) is 16.4. The standard InChI is InChI=1S/C16H19N3O2/c1-11(20)12-5-7-14(8-6-12)18-10-13(9-17)15(21)19-16(2,3)4/h5-8,10,18H,1-4H3,(H,19,21)/b13-10-. The van der Waals surface area contributed by atoms with E-state index < -0.39 is 11.4 Å². The second-order valence-electron chi connectivity index (χ2n) is 5.65. The first-order valence-electron chi connectivity index (χ1n) is 6.53. The monoisotopic (exact) mass is 285 g/mol. The molecule has 21 heavy (non-hydrogen) atoms. The third-order valence-electron chi connectivity index (χ3n) is 2.53. The van der Waals surface area contributed by atoms with Gasteiger partial charge in [0.15, 0.2) is 5.78 Å². The summed E-state index contributed by atoms with van der Waals surface area (Å²) < 4.78 is 0. The Morgan fingerprint density at radius 3 is 2.19 bits per heavy atom. The van der Waals surface area contributed by atoms with Crippen molar-refractivity contribution in [1.29, 1.82) is 5.26 Å². The maximum absolute atomic E-state index is 11.9. The van der Waals surface area contributed by atoms with Gasteiger partial charge in [-0.2, -0.15) is 5.26 Å². The number of benzene rings is 1. The van der Waals surface area contributed by atoms with Gasteiger partial charge in [0, 0.05) is 23.0 Å². The quantitative estimate of drug-likeness (QED) is 0.506. The number of anilines is 1. The fraction of sp³-hybridized carbons (Fsp3) is 0.312. The van der Waals surface area contributed by atoms with Crippen LogP contribution in [0.3, 0.4) is 0 Å². The number of carbonyl (C=O) groups is 2. The fourth-order valence-corrected chi connectivity index (χ4v) is 1.51. The minimum Gasteiger partial charge on any atom is -0.360 e. The Labute approximate surface area is 124 Å². The highest BCUT2D eigenvalue weighted by atomic mass is 16.2. The van der Waals surface area contributed by atoms with Gasteiger partial charge in [-0.1, -0.05) is 0 Å². The van der Waals surface area contributed by atoms with Crippen LogP contribution in [0.5, 0.6) is 0 Å². The van der Waals surface area contributed by atoms with Crippen LogP contribution in [0.2, 0.25) is 0 Å². The summed E-state index contributed by atoms with van der Waals surface area (Å²) in [6, 6.07) is 8.64. The molecule has 5 nitrogen and oxygen atoms in total. The van der Waals surface area contributed by atoms with Crippen molar-refractivity contribution in [3.8, 4) is 6.07 Å². The summed E-state index contributed by atoms with van der Waals surface area (Å²) in [5, 5.41) is 14.6. The third kappa shape index (κ3) is 5.49. The van der Waals surface area contributed by atoms with Gasteiger partial charge in [0.2, 0.25) is 0 Å². The summed E-state index contributed by atoms with van der Waals surface area (Å²) in [4.78, 5) is 23.0. The van der Waals surface area contributed by atoms with Crippen molar-refractivity contribution < 1.29 is 9.59 Å². The molecule has 0 bridgehead atoms. The highest BCUT2D eigenvalue weighted by Gasteiger charge is 2.17. The summed E-state index contributed by atoms with van der Waals surface area (Å²) in [7, 11) is 0. The maximum atomic E-state index is 11.9. The third-order valence-corrected chi connectivity index (χ3v) is 2.53. The van der Waals surface area contributed by atoms with E-state index in [1.54, 1.807) is 24.3 Å². The van der Waals surface area contributed by atoms with E-state index in [2.05, 4.69) is 10.6 Å². The number of Topliss-reactive ketones (excluding diaryl/α,β-unsaturated/α-hetero) is 1. The minimum atomic E-state index is -0.433. The Balaban J connectivity index is 2.79. The molecule has 0 radical (unpaired) electrons. The van der Waals surface area contributed by atoms with Gasteiger partial charge in [-0.25, -0.2) is 0 Å². The van der Waals surface area contributed by atoms with Crippen LogP contribution in [-0.2, 0) is 4.79 Å². The Bertz CT molecular complexity index is 602. The normalized spacial score (nSPS) is 11.5. The topological polar surface area (TPSA) is 82.0 Å². The Morgan fingerprint density at radius 1 is 1.19 bits per heavy atom. The molecule has 1 aromatic rings. The van der Waals surface area contributed by atoms with Crippen molar-refractivity contribution in [3.05, 3.63) is 41.6 Å². The molecule has 2 N–H and O–H groups in total. The van der Waals surface area contributed by atoms with Gasteiger partial charge >= 0.3 is 0 Å². The summed E-state index contributed by atoms with van der Waals surface area (Å²) >= 11 is 0. The van der Waals surface area contributed by atoms with E-state index in [1.807, 2.05) is 26.8 Å². The number of ketones is 1. The molecule has 0 aliphatic carbocycles. The van der Waals surface area contributed by atoms with Crippen LogP contribution in [0, 0.1) is 11.3 Å². The maximum Gasteiger partial charge on any atom is 0.263 e. The van der Waals surface area contributed by atoms with Crippen LogP contribution in [0.1, 0.15) is 38.1 Å². The molecule has 0 fully saturated rings. The number of amides is 1. The SMILES string of the molecule is CC(=O)c1ccc(N/C=C(/C#N)C(=O)NC(C)(C)C)cc1. The van der Waals surface area contributed by atoms with Gasteiger partial charge in [-0.3, -0.25) is 9.59 Å². The molecule has 5 heteroatoms. The number of nitriles is 1. The van der Waals surface area contributed by atoms with Crippen LogP contribution in [0.25, 0.3) is 0 Å². The molecule has 1 aromatic carbocycles. The molecular formula is C16H19N3O2. The van der Waals surface area contributed by atoms with Crippen molar-refractivity contribution in [2.24, 2.45) is 0 Å². The molecule has 0 aromatic heterocycles. The van der Waals surface area contributed by atoms with E-state index in [1.165, 1.54) is 13.1 Å². The van der Waals surface area contributed by atoms with Gasteiger partial charge in [0.1, 0.15) is 11.6 Å². The molecule has 0 unspecified atom stereocenters. The lowest BCUT2D eigenvalue weighted by atomic mass is 10.1. The average molecular weight is 285 g/mol. The summed E-state index contributed by atoms with van der Waals surface area (Å²) in [5.74, 6) is -0.447. The number of carbonyl (C=O) groups excluding carboxylic acids is 2. The first-order valence-corrected chi connectivity index (χ1v) is 6.53. The molecule has 1 rings (SSSR count). The molecular weight excluding hydrogens is 266 g/mol. The highest BCUT2D eigenvalue weighted by molar-refractivity contribution is 5.98. The number of hydrogen-bond acceptors (Lipinski definition) is 4. The zero-order chi connectivity index (χ0) is 16.0. The van der Waals surface area contributed by atoms with E-state index in [0.29, 0.717) is 11.3 Å². The molecule has 0 saturated carbocycles. The van der Waals surface area contributed by atoms with Crippen LogP contribution in [0.4, 0.5) is 5.69 Å².